The predicted molar refractivity (Wildman–Crippen MR) is 107 cm³/mol. The van der Waals surface area contributed by atoms with Crippen LogP contribution in [0.15, 0.2) is 42.5 Å². The molecule has 28 heavy (non-hydrogen) atoms. The molecule has 2 aromatic rings. The molecule has 0 radical (unpaired) electrons. The second-order valence-corrected chi connectivity index (χ2v) is 8.58. The van der Waals surface area contributed by atoms with Gasteiger partial charge < -0.3 is 10.1 Å². The summed E-state index contributed by atoms with van der Waals surface area (Å²) in [7, 11) is -3.46. The van der Waals surface area contributed by atoms with Gasteiger partial charge in [0.05, 0.1) is 11.8 Å². The Labute approximate surface area is 164 Å². The molecule has 0 spiro atoms. The fourth-order valence-corrected chi connectivity index (χ4v) is 3.65. The zero-order valence-corrected chi connectivity index (χ0v) is 16.5. The number of amides is 1. The highest BCUT2D eigenvalue weighted by Crippen LogP contribution is 2.25. The molecule has 2 aromatic carbocycles. The molecule has 1 unspecified atom stereocenters. The summed E-state index contributed by atoms with van der Waals surface area (Å²) in [5, 5.41) is 2.76. The standard InChI is InChI=1S/C20H22N2O5S/c1-13(19(23)21-17-10-9-14-5-3-6-15(14)11-17)27-20(24)16-7-4-8-18(12-16)22-28(2,25)26/h4,7-13,22H,3,5-6H2,1-2H3,(H,21,23). The fraction of sp³-hybridized carbons (Fsp3) is 0.300. The Morgan fingerprint density at radius 3 is 2.54 bits per heavy atom. The van der Waals surface area contributed by atoms with E-state index < -0.39 is 28.0 Å². The largest absolute Gasteiger partial charge is 0.449 e. The summed E-state index contributed by atoms with van der Waals surface area (Å²) in [5.41, 5.74) is 3.60. The SMILES string of the molecule is CC(OC(=O)c1cccc(NS(C)(=O)=O)c1)C(=O)Nc1ccc2c(c1)CCC2. The first-order chi connectivity index (χ1) is 13.2. The molecule has 0 heterocycles. The van der Waals surface area contributed by atoms with Crippen LogP contribution in [0.3, 0.4) is 0 Å². The van der Waals surface area contributed by atoms with Gasteiger partial charge in [-0.1, -0.05) is 12.1 Å². The number of anilines is 2. The molecular weight excluding hydrogens is 380 g/mol. The lowest BCUT2D eigenvalue weighted by Crippen LogP contribution is -2.30. The highest BCUT2D eigenvalue weighted by Gasteiger charge is 2.20. The average molecular weight is 402 g/mol. The van der Waals surface area contributed by atoms with Crippen molar-refractivity contribution in [3.63, 3.8) is 0 Å². The van der Waals surface area contributed by atoms with Crippen LogP contribution in [0.1, 0.15) is 34.8 Å². The van der Waals surface area contributed by atoms with Crippen LogP contribution in [0.4, 0.5) is 11.4 Å². The summed E-state index contributed by atoms with van der Waals surface area (Å²) >= 11 is 0. The monoisotopic (exact) mass is 402 g/mol. The number of sulfonamides is 1. The van der Waals surface area contributed by atoms with E-state index in [4.69, 9.17) is 4.74 Å². The Kier molecular flexibility index (Phi) is 5.69. The number of hydrogen-bond acceptors (Lipinski definition) is 5. The van der Waals surface area contributed by atoms with Gasteiger partial charge in [0, 0.05) is 11.4 Å². The minimum atomic E-state index is -3.46. The molecule has 8 heteroatoms. The van der Waals surface area contributed by atoms with Crippen molar-refractivity contribution in [3.8, 4) is 0 Å². The number of rotatable bonds is 6. The normalized spacial score (nSPS) is 14.1. The second-order valence-electron chi connectivity index (χ2n) is 6.83. The number of fused-ring (bicyclic) bond motifs is 1. The molecule has 2 N–H and O–H groups in total. The molecule has 3 rings (SSSR count). The lowest BCUT2D eigenvalue weighted by Gasteiger charge is -2.14. The van der Waals surface area contributed by atoms with E-state index in [9.17, 15) is 18.0 Å². The molecule has 1 amide bonds. The maximum absolute atomic E-state index is 12.4. The van der Waals surface area contributed by atoms with Gasteiger partial charge in [-0.25, -0.2) is 13.2 Å². The molecule has 0 saturated heterocycles. The van der Waals surface area contributed by atoms with Gasteiger partial charge in [-0.2, -0.15) is 0 Å². The number of carbonyl (C=O) groups excluding carboxylic acids is 2. The van der Waals surface area contributed by atoms with E-state index in [1.54, 1.807) is 0 Å². The van der Waals surface area contributed by atoms with E-state index in [0.717, 1.165) is 25.5 Å². The van der Waals surface area contributed by atoms with Gasteiger partial charge in [-0.15, -0.1) is 0 Å². The number of esters is 1. The Hall–Kier alpha value is -2.87. The summed E-state index contributed by atoms with van der Waals surface area (Å²) in [5.74, 6) is -1.15. The second kappa shape index (κ2) is 8.02. The van der Waals surface area contributed by atoms with Gasteiger partial charge in [-0.3, -0.25) is 9.52 Å². The number of carbonyl (C=O) groups is 2. The number of ether oxygens (including phenoxy) is 1. The van der Waals surface area contributed by atoms with Gasteiger partial charge in [0.1, 0.15) is 0 Å². The van der Waals surface area contributed by atoms with Crippen molar-refractivity contribution < 1.29 is 22.7 Å². The van der Waals surface area contributed by atoms with Gasteiger partial charge in [0.15, 0.2) is 6.10 Å². The van der Waals surface area contributed by atoms with E-state index in [1.807, 2.05) is 18.2 Å². The first-order valence-electron chi connectivity index (χ1n) is 8.93. The predicted octanol–water partition coefficient (Wildman–Crippen LogP) is 2.73. The topological polar surface area (TPSA) is 102 Å². The zero-order chi connectivity index (χ0) is 20.3. The van der Waals surface area contributed by atoms with Gasteiger partial charge >= 0.3 is 5.97 Å². The third-order valence-electron chi connectivity index (χ3n) is 4.42. The van der Waals surface area contributed by atoms with Crippen molar-refractivity contribution in [1.29, 1.82) is 0 Å². The van der Waals surface area contributed by atoms with Crippen LogP contribution in [-0.2, 0) is 32.4 Å². The van der Waals surface area contributed by atoms with Crippen molar-refractivity contribution in [2.24, 2.45) is 0 Å². The lowest BCUT2D eigenvalue weighted by atomic mass is 10.1. The molecule has 7 nitrogen and oxygen atoms in total. The highest BCUT2D eigenvalue weighted by molar-refractivity contribution is 7.92. The summed E-state index contributed by atoms with van der Waals surface area (Å²) in [4.78, 5) is 24.7. The van der Waals surface area contributed by atoms with Crippen LogP contribution < -0.4 is 10.0 Å². The molecule has 0 aliphatic heterocycles. The Morgan fingerprint density at radius 2 is 1.79 bits per heavy atom. The van der Waals surface area contributed by atoms with Crippen LogP contribution in [0.5, 0.6) is 0 Å². The molecule has 1 aliphatic rings. The van der Waals surface area contributed by atoms with Crippen LogP contribution in [0.25, 0.3) is 0 Å². The van der Waals surface area contributed by atoms with Crippen molar-refractivity contribution in [1.82, 2.24) is 0 Å². The van der Waals surface area contributed by atoms with Gasteiger partial charge in [-0.05, 0) is 67.6 Å². The molecule has 0 fully saturated rings. The van der Waals surface area contributed by atoms with E-state index in [1.165, 1.54) is 42.3 Å². The van der Waals surface area contributed by atoms with Crippen LogP contribution in [0, 0.1) is 0 Å². The molecular formula is C20H22N2O5S. The fourth-order valence-electron chi connectivity index (χ4n) is 3.10. The quantitative estimate of drug-likeness (QED) is 0.724. The summed E-state index contributed by atoms with van der Waals surface area (Å²) in [6.07, 6.45) is 3.19. The van der Waals surface area contributed by atoms with Crippen molar-refractivity contribution in [2.75, 3.05) is 16.3 Å². The zero-order valence-electron chi connectivity index (χ0n) is 15.7. The molecule has 0 bridgehead atoms. The molecule has 1 aliphatic carbocycles. The Balaban J connectivity index is 1.62. The van der Waals surface area contributed by atoms with E-state index in [-0.39, 0.29) is 11.3 Å². The van der Waals surface area contributed by atoms with E-state index >= 15 is 0 Å². The van der Waals surface area contributed by atoms with E-state index in [2.05, 4.69) is 10.0 Å². The van der Waals surface area contributed by atoms with Crippen molar-refractivity contribution >= 4 is 33.3 Å². The van der Waals surface area contributed by atoms with Crippen LogP contribution in [-0.4, -0.2) is 32.7 Å². The number of aryl methyl sites for hydroxylation is 2. The number of hydrogen-bond donors (Lipinski definition) is 2. The lowest BCUT2D eigenvalue weighted by molar-refractivity contribution is -0.123. The van der Waals surface area contributed by atoms with Gasteiger partial charge in [0.25, 0.3) is 5.91 Å². The Morgan fingerprint density at radius 1 is 1.04 bits per heavy atom. The number of nitrogens with one attached hydrogen (secondary N) is 2. The molecule has 0 aromatic heterocycles. The summed E-state index contributed by atoms with van der Waals surface area (Å²) < 4.78 is 30.1. The van der Waals surface area contributed by atoms with Crippen molar-refractivity contribution in [3.05, 3.63) is 59.2 Å². The number of benzene rings is 2. The molecule has 148 valence electrons. The van der Waals surface area contributed by atoms with Crippen molar-refractivity contribution in [2.45, 2.75) is 32.3 Å². The first-order valence-corrected chi connectivity index (χ1v) is 10.8. The Bertz CT molecular complexity index is 1020. The third kappa shape index (κ3) is 5.10. The summed E-state index contributed by atoms with van der Waals surface area (Å²) in [6.45, 7) is 1.49. The van der Waals surface area contributed by atoms with E-state index in [0.29, 0.717) is 5.69 Å². The average Bonchev–Trinajstić information content (AvgIpc) is 3.08. The minimum Gasteiger partial charge on any atom is -0.449 e. The third-order valence-corrected chi connectivity index (χ3v) is 5.03. The highest BCUT2D eigenvalue weighted by atomic mass is 32.2. The maximum atomic E-state index is 12.4. The smallest absolute Gasteiger partial charge is 0.338 e. The summed E-state index contributed by atoms with van der Waals surface area (Å²) in [6, 6.07) is 11.7. The van der Waals surface area contributed by atoms with Crippen LogP contribution >= 0.6 is 0 Å². The minimum absolute atomic E-state index is 0.144. The first kappa shape index (κ1) is 19.9. The molecule has 0 saturated carbocycles. The van der Waals surface area contributed by atoms with Gasteiger partial charge in [0.2, 0.25) is 10.0 Å². The van der Waals surface area contributed by atoms with Crippen LogP contribution in [0.2, 0.25) is 0 Å². The maximum Gasteiger partial charge on any atom is 0.338 e. The molecule has 1 atom stereocenters.